The van der Waals surface area contributed by atoms with Crippen LogP contribution in [-0.2, 0) is 4.74 Å². The van der Waals surface area contributed by atoms with E-state index in [-0.39, 0.29) is 18.7 Å². The number of aliphatic hydroxyl groups excluding tert-OH is 1. The Morgan fingerprint density at radius 2 is 2.22 bits per heavy atom. The van der Waals surface area contributed by atoms with E-state index in [1.807, 2.05) is 20.8 Å². The Morgan fingerprint density at radius 1 is 1.56 bits per heavy atom. The number of nitrogens with two attached hydrogens (primary N) is 1. The standard InChI is InChI=1S/C11H22N4O3/c1-11(2,3)18-10(17)15-6-5-8(9(16)7-15)13-14-12-4/h8-9,16H,5-7H2,1-4H3,(H,12,13)/p+2/t8-,9-/m1/s1. The lowest BCUT2D eigenvalue weighted by Gasteiger charge is -2.32. The summed E-state index contributed by atoms with van der Waals surface area (Å²) in [5.41, 5.74) is 1.12. The molecule has 1 aliphatic rings. The number of carbonyl (C=O) groups excluding carboxylic acids is 1. The summed E-state index contributed by atoms with van der Waals surface area (Å²) >= 11 is 0. The van der Waals surface area contributed by atoms with Gasteiger partial charge in [0.05, 0.1) is 13.6 Å². The van der Waals surface area contributed by atoms with Crippen LogP contribution < -0.4 is 10.5 Å². The molecule has 1 fully saturated rings. The van der Waals surface area contributed by atoms with Gasteiger partial charge in [0, 0.05) is 13.0 Å². The maximum absolute atomic E-state index is 11.8. The van der Waals surface area contributed by atoms with Crippen molar-refractivity contribution in [3.63, 3.8) is 0 Å². The highest BCUT2D eigenvalue weighted by Crippen LogP contribution is 2.14. The van der Waals surface area contributed by atoms with Gasteiger partial charge in [0.25, 0.3) is 0 Å². The van der Waals surface area contributed by atoms with Crippen molar-refractivity contribution in [1.29, 1.82) is 0 Å². The fourth-order valence-electron chi connectivity index (χ4n) is 1.74. The summed E-state index contributed by atoms with van der Waals surface area (Å²) in [6.45, 7) is 6.30. The highest BCUT2D eigenvalue weighted by Gasteiger charge is 2.35. The molecule has 0 aromatic carbocycles. The predicted octanol–water partition coefficient (Wildman–Crippen LogP) is -2.00. The number of piperidine rings is 1. The molecular weight excluding hydrogens is 236 g/mol. The molecule has 0 bridgehead atoms. The van der Waals surface area contributed by atoms with Crippen molar-refractivity contribution in [3.05, 3.63) is 0 Å². The van der Waals surface area contributed by atoms with Crippen LogP contribution in [0.25, 0.3) is 0 Å². The monoisotopic (exact) mass is 260 g/mol. The fraction of sp³-hybridized carbons (Fsp3) is 0.909. The Kier molecular flexibility index (Phi) is 5.03. The van der Waals surface area contributed by atoms with Crippen molar-refractivity contribution in [3.8, 4) is 0 Å². The quantitative estimate of drug-likeness (QED) is 0.304. The van der Waals surface area contributed by atoms with Gasteiger partial charge in [-0.15, -0.1) is 0 Å². The smallest absolute Gasteiger partial charge is 0.410 e. The van der Waals surface area contributed by atoms with Gasteiger partial charge in [-0.2, -0.15) is 5.43 Å². The van der Waals surface area contributed by atoms with Gasteiger partial charge in [0.2, 0.25) is 6.04 Å². The van der Waals surface area contributed by atoms with Crippen LogP contribution in [-0.4, -0.2) is 54.0 Å². The molecule has 0 aliphatic carbocycles. The molecule has 7 heteroatoms. The Morgan fingerprint density at radius 3 is 2.72 bits per heavy atom. The molecule has 104 valence electrons. The predicted molar refractivity (Wildman–Crippen MR) is 63.5 cm³/mol. The van der Waals surface area contributed by atoms with Gasteiger partial charge in [0.15, 0.2) is 5.22 Å². The molecule has 1 heterocycles. The molecule has 4 N–H and O–H groups in total. The summed E-state index contributed by atoms with van der Waals surface area (Å²) in [5, 5.41) is 16.7. The molecule has 18 heavy (non-hydrogen) atoms. The second-order valence-electron chi connectivity index (χ2n) is 5.41. The van der Waals surface area contributed by atoms with Crippen LogP contribution in [0.15, 0.2) is 5.22 Å². The molecule has 7 nitrogen and oxygen atoms in total. The van der Waals surface area contributed by atoms with E-state index in [2.05, 4.69) is 10.3 Å². The zero-order valence-electron chi connectivity index (χ0n) is 11.5. The van der Waals surface area contributed by atoms with E-state index < -0.39 is 11.7 Å². The third-order valence-corrected chi connectivity index (χ3v) is 2.60. The van der Waals surface area contributed by atoms with Crippen molar-refractivity contribution in [1.82, 2.24) is 4.90 Å². The van der Waals surface area contributed by atoms with E-state index in [9.17, 15) is 9.90 Å². The molecule has 2 atom stereocenters. The van der Waals surface area contributed by atoms with Gasteiger partial charge >= 0.3 is 6.09 Å². The minimum atomic E-state index is -0.630. The number of hydrogen-bond acceptors (Lipinski definition) is 4. The van der Waals surface area contributed by atoms with E-state index in [1.165, 1.54) is 4.90 Å². The lowest BCUT2D eigenvalue weighted by atomic mass is 10.0. The Labute approximate surface area is 107 Å². The zero-order chi connectivity index (χ0) is 13.8. The molecule has 1 saturated heterocycles. The molecule has 1 aliphatic heterocycles. The van der Waals surface area contributed by atoms with Crippen molar-refractivity contribution in [2.45, 2.75) is 44.9 Å². The normalized spacial score (nSPS) is 25.5. The minimum absolute atomic E-state index is 0.111. The average Bonchev–Trinajstić information content (AvgIpc) is 2.25. The SMILES string of the molecule is C[NH2+]N=[NH+][C@@H]1CCN(C(=O)OC(C)(C)C)C[C@H]1O. The summed E-state index contributed by atoms with van der Waals surface area (Å²) in [4.78, 5) is 13.4. The number of nitrogens with zero attached hydrogens (tertiary/aromatic N) is 2. The number of quaternary nitrogens is 1. The highest BCUT2D eigenvalue weighted by molar-refractivity contribution is 5.68. The molecule has 0 radical (unpaired) electrons. The van der Waals surface area contributed by atoms with Crippen molar-refractivity contribution in [2.24, 2.45) is 5.22 Å². The molecule has 0 saturated carbocycles. The Hall–Kier alpha value is -1.21. The lowest BCUT2D eigenvalue weighted by Crippen LogP contribution is -2.90. The van der Waals surface area contributed by atoms with Gasteiger partial charge in [-0.3, -0.25) is 0 Å². The molecule has 1 amide bonds. The first-order chi connectivity index (χ1) is 8.33. The van der Waals surface area contributed by atoms with Crippen LogP contribution >= 0.6 is 0 Å². The highest BCUT2D eigenvalue weighted by atomic mass is 16.6. The van der Waals surface area contributed by atoms with Gasteiger partial charge in [-0.1, -0.05) is 5.11 Å². The number of nitrogens with one attached hydrogen (secondary N) is 1. The summed E-state index contributed by atoms with van der Waals surface area (Å²) < 4.78 is 5.27. The first-order valence-corrected chi connectivity index (χ1v) is 6.22. The topological polar surface area (TPSA) is 92.7 Å². The average molecular weight is 260 g/mol. The number of rotatable bonds is 2. The second kappa shape index (κ2) is 6.10. The Balaban J connectivity index is 2.50. The van der Waals surface area contributed by atoms with Crippen molar-refractivity contribution < 1.29 is 25.2 Å². The van der Waals surface area contributed by atoms with Crippen LogP contribution in [0.3, 0.4) is 0 Å². The summed E-state index contributed by atoms with van der Waals surface area (Å²) in [7, 11) is 1.80. The molecule has 0 spiro atoms. The van der Waals surface area contributed by atoms with E-state index in [0.717, 1.165) is 0 Å². The summed E-state index contributed by atoms with van der Waals surface area (Å²) in [6.07, 6.45) is -0.355. The maximum Gasteiger partial charge on any atom is 0.410 e. The number of likely N-dealkylation sites (tertiary alicyclic amines) is 1. The molecular formula is C11H24N4O3+2. The van der Waals surface area contributed by atoms with Crippen LogP contribution in [0.5, 0.6) is 0 Å². The largest absolute Gasteiger partial charge is 0.444 e. The number of hydrogen-bond donors (Lipinski definition) is 3. The van der Waals surface area contributed by atoms with Gasteiger partial charge in [-0.25, -0.2) is 4.79 Å². The van der Waals surface area contributed by atoms with Crippen LogP contribution in [0.2, 0.25) is 0 Å². The number of carbonyl (C=O) groups is 1. The second-order valence-corrected chi connectivity index (χ2v) is 5.41. The van der Waals surface area contributed by atoms with Gasteiger partial charge < -0.3 is 14.7 Å². The molecule has 0 aromatic rings. The van der Waals surface area contributed by atoms with Gasteiger partial charge in [-0.05, 0) is 20.8 Å². The third kappa shape index (κ3) is 4.58. The zero-order valence-corrected chi connectivity index (χ0v) is 11.5. The van der Waals surface area contributed by atoms with E-state index >= 15 is 0 Å². The minimum Gasteiger partial charge on any atom is -0.444 e. The maximum atomic E-state index is 11.8. The number of ether oxygens (including phenoxy) is 1. The lowest BCUT2D eigenvalue weighted by molar-refractivity contribution is -0.779. The van der Waals surface area contributed by atoms with E-state index in [0.29, 0.717) is 13.0 Å². The molecule has 0 aromatic heterocycles. The van der Waals surface area contributed by atoms with Crippen LogP contribution in [0.1, 0.15) is 27.2 Å². The van der Waals surface area contributed by atoms with Gasteiger partial charge in [0.1, 0.15) is 11.7 Å². The van der Waals surface area contributed by atoms with E-state index in [1.54, 1.807) is 12.5 Å². The third-order valence-electron chi connectivity index (χ3n) is 2.60. The first kappa shape index (κ1) is 14.8. The Bertz CT molecular complexity index is 314. The molecule has 0 unspecified atom stereocenters. The number of amides is 1. The van der Waals surface area contributed by atoms with Crippen molar-refractivity contribution >= 4 is 6.09 Å². The number of aliphatic hydroxyl groups is 1. The number of β-amino-alcohol motifs (C(OH)–C–C–N with tert-alkyl or cyclic N) is 1. The van der Waals surface area contributed by atoms with E-state index in [4.69, 9.17) is 4.74 Å². The summed E-state index contributed by atoms with van der Waals surface area (Å²) in [5.74, 6) is 0. The fourth-order valence-corrected chi connectivity index (χ4v) is 1.74. The van der Waals surface area contributed by atoms with Crippen LogP contribution in [0, 0.1) is 0 Å². The first-order valence-electron chi connectivity index (χ1n) is 6.22. The van der Waals surface area contributed by atoms with Crippen LogP contribution in [0.4, 0.5) is 4.79 Å². The van der Waals surface area contributed by atoms with Crippen molar-refractivity contribution in [2.75, 3.05) is 20.1 Å². The molecule has 1 rings (SSSR count). The summed E-state index contributed by atoms with van der Waals surface area (Å²) in [6, 6.07) is -0.111.